The Balaban J connectivity index is 0.000000165. The standard InChI is InChI=1S/C15H16N4O2.2C8H10N4.Os/c20-15(21)12-4-8-18(9-5-12)19-10-7-17-14(11-19)13-3-1-2-6-16-13;2*1-11-5-3-9-7(11)8-10-4-6-12(8)2;/h1-3,6-7,10-12H,4-5,8-9H2;2*3-6H,1-2H3;/p+1. The molecule has 0 amide bonds. The van der Waals surface area contributed by atoms with Gasteiger partial charge in [-0.05, 0) is 25.0 Å². The van der Waals surface area contributed by atoms with E-state index in [1.54, 1.807) is 37.2 Å². The minimum Gasteiger partial charge on any atom is -0.481 e. The third-order valence-corrected chi connectivity index (χ3v) is 7.45. The first-order valence-electron chi connectivity index (χ1n) is 14.5. The van der Waals surface area contributed by atoms with Gasteiger partial charge in [0.2, 0.25) is 12.4 Å². The molecule has 6 aromatic heterocycles. The van der Waals surface area contributed by atoms with E-state index in [-0.39, 0.29) is 25.7 Å². The number of nitrogens with zero attached hydrogens (tertiary/aromatic N) is 12. The molecule has 0 radical (unpaired) electrons. The van der Waals surface area contributed by atoms with Crippen LogP contribution >= 0.6 is 0 Å². The minimum absolute atomic E-state index is 0. The van der Waals surface area contributed by atoms with Crippen molar-refractivity contribution in [1.82, 2.24) is 48.2 Å². The van der Waals surface area contributed by atoms with Crippen LogP contribution in [0.15, 0.2) is 92.6 Å². The molecule has 0 atom stereocenters. The summed E-state index contributed by atoms with van der Waals surface area (Å²) in [4.78, 5) is 36.4. The summed E-state index contributed by atoms with van der Waals surface area (Å²) < 4.78 is 9.77. The van der Waals surface area contributed by atoms with Crippen molar-refractivity contribution in [2.45, 2.75) is 12.8 Å². The Kier molecular flexibility index (Phi) is 11.6. The number of aryl methyl sites for hydroxylation is 4. The van der Waals surface area contributed by atoms with Crippen molar-refractivity contribution in [3.8, 4) is 34.7 Å². The van der Waals surface area contributed by atoms with Crippen LogP contribution < -0.4 is 9.69 Å². The number of carbonyl (C=O) groups is 1. The first kappa shape index (κ1) is 33.9. The van der Waals surface area contributed by atoms with Crippen molar-refractivity contribution in [3.63, 3.8) is 0 Å². The molecule has 15 heteroatoms. The summed E-state index contributed by atoms with van der Waals surface area (Å²) in [5.74, 6) is 2.65. The molecule has 1 fully saturated rings. The van der Waals surface area contributed by atoms with Crippen molar-refractivity contribution < 1.29 is 34.4 Å². The number of aliphatic carboxylic acids is 1. The maximum absolute atomic E-state index is 11.0. The Labute approximate surface area is 280 Å². The molecule has 14 nitrogen and oxygen atoms in total. The summed E-state index contributed by atoms with van der Waals surface area (Å²) in [6.07, 6.45) is 23.3. The van der Waals surface area contributed by atoms with Crippen molar-refractivity contribution in [3.05, 3.63) is 92.6 Å². The van der Waals surface area contributed by atoms with Crippen LogP contribution in [0, 0.1) is 5.92 Å². The largest absolute Gasteiger partial charge is 0.481 e. The van der Waals surface area contributed by atoms with E-state index in [9.17, 15) is 4.79 Å². The smallest absolute Gasteiger partial charge is 0.306 e. The first-order valence-corrected chi connectivity index (χ1v) is 14.5. The Morgan fingerprint density at radius 1 is 0.674 bits per heavy atom. The van der Waals surface area contributed by atoms with Gasteiger partial charge in [-0.15, -0.1) is 0 Å². The van der Waals surface area contributed by atoms with E-state index in [4.69, 9.17) is 5.11 Å². The van der Waals surface area contributed by atoms with E-state index in [0.29, 0.717) is 12.8 Å². The van der Waals surface area contributed by atoms with Crippen LogP contribution in [0.25, 0.3) is 34.7 Å². The van der Waals surface area contributed by atoms with Crippen LogP contribution in [-0.2, 0) is 52.8 Å². The van der Waals surface area contributed by atoms with Crippen LogP contribution in [0.2, 0.25) is 0 Å². The fourth-order valence-electron chi connectivity index (χ4n) is 4.87. The zero-order valence-electron chi connectivity index (χ0n) is 26.1. The number of piperidine rings is 1. The summed E-state index contributed by atoms with van der Waals surface area (Å²) >= 11 is 0. The predicted molar refractivity (Wildman–Crippen MR) is 167 cm³/mol. The molecular weight excluding hydrogens is 763 g/mol. The van der Waals surface area contributed by atoms with Gasteiger partial charge in [0.05, 0.1) is 30.9 Å². The number of carboxylic acids is 1. The fourth-order valence-corrected chi connectivity index (χ4v) is 4.87. The van der Waals surface area contributed by atoms with Gasteiger partial charge in [0.25, 0.3) is 0 Å². The van der Waals surface area contributed by atoms with Crippen LogP contribution in [0.5, 0.6) is 0 Å². The summed E-state index contributed by atoms with van der Waals surface area (Å²) in [6, 6.07) is 5.72. The van der Waals surface area contributed by atoms with Gasteiger partial charge in [-0.3, -0.25) is 9.78 Å². The maximum Gasteiger partial charge on any atom is 0.306 e. The van der Waals surface area contributed by atoms with Crippen LogP contribution in [0.1, 0.15) is 12.8 Å². The van der Waals surface area contributed by atoms with Crippen molar-refractivity contribution in [2.24, 2.45) is 34.1 Å². The summed E-state index contributed by atoms with van der Waals surface area (Å²) in [5.41, 5.74) is 1.63. The van der Waals surface area contributed by atoms with E-state index >= 15 is 0 Å². The number of aromatic nitrogens is 11. The summed E-state index contributed by atoms with van der Waals surface area (Å²) in [5, 5.41) is 11.2. The molecule has 0 aromatic carbocycles. The Morgan fingerprint density at radius 3 is 1.50 bits per heavy atom. The molecular formula is C31H37N12O2Os+. The second kappa shape index (κ2) is 15.8. The monoisotopic (exact) mass is 801 g/mol. The van der Waals surface area contributed by atoms with Gasteiger partial charge < -0.3 is 23.4 Å². The zero-order chi connectivity index (χ0) is 31.8. The molecule has 7 rings (SSSR count). The van der Waals surface area contributed by atoms with Gasteiger partial charge in [0.1, 0.15) is 0 Å². The average Bonchev–Trinajstić information content (AvgIpc) is 3.88. The molecule has 0 bridgehead atoms. The quantitative estimate of drug-likeness (QED) is 0.261. The molecule has 46 heavy (non-hydrogen) atoms. The molecule has 1 aliphatic heterocycles. The second-order valence-corrected chi connectivity index (χ2v) is 10.5. The third-order valence-electron chi connectivity index (χ3n) is 7.45. The first-order chi connectivity index (χ1) is 21.8. The maximum atomic E-state index is 11.0. The van der Waals surface area contributed by atoms with Crippen molar-refractivity contribution in [2.75, 3.05) is 18.1 Å². The van der Waals surface area contributed by atoms with Crippen LogP contribution in [0.4, 0.5) is 0 Å². The van der Waals surface area contributed by atoms with E-state index < -0.39 is 5.97 Å². The van der Waals surface area contributed by atoms with Gasteiger partial charge >= 0.3 is 5.97 Å². The number of rotatable bonds is 5. The number of pyridine rings is 1. The molecule has 0 saturated carbocycles. The van der Waals surface area contributed by atoms with Crippen LogP contribution in [-0.4, -0.2) is 72.3 Å². The van der Waals surface area contributed by atoms with E-state index in [1.165, 1.54) is 0 Å². The summed E-state index contributed by atoms with van der Waals surface area (Å²) in [6.45, 7) is 1.46. The topological polar surface area (TPSA) is 141 Å². The van der Waals surface area contributed by atoms with Gasteiger partial charge in [0.15, 0.2) is 29.0 Å². The molecule has 6 aromatic rings. The van der Waals surface area contributed by atoms with Crippen molar-refractivity contribution in [1.29, 1.82) is 0 Å². The van der Waals surface area contributed by atoms with Gasteiger partial charge in [-0.1, -0.05) is 10.7 Å². The second-order valence-electron chi connectivity index (χ2n) is 10.5. The molecule has 1 aliphatic rings. The molecule has 0 unspecified atom stereocenters. The molecule has 0 aliphatic carbocycles. The number of imidazole rings is 4. The molecule has 7 heterocycles. The Bertz CT molecular complexity index is 1670. The Hall–Kier alpha value is -5.02. The van der Waals surface area contributed by atoms with E-state index in [0.717, 1.165) is 47.8 Å². The molecule has 240 valence electrons. The Morgan fingerprint density at radius 2 is 1.13 bits per heavy atom. The average molecular weight is 800 g/mol. The van der Waals surface area contributed by atoms with Gasteiger partial charge in [-0.25, -0.2) is 24.9 Å². The predicted octanol–water partition coefficient (Wildman–Crippen LogP) is 2.50. The molecule has 1 N–H and O–H groups in total. The van der Waals surface area contributed by atoms with E-state index in [2.05, 4.69) is 34.9 Å². The van der Waals surface area contributed by atoms with Gasteiger partial charge in [-0.2, -0.15) is 5.01 Å². The fraction of sp³-hybridized carbons (Fsp3) is 0.290. The number of hydrogen-bond acceptors (Lipinski definition) is 8. The third kappa shape index (κ3) is 8.16. The number of carboxylic acid groups (broad SMARTS) is 1. The molecule has 0 spiro atoms. The summed E-state index contributed by atoms with van der Waals surface area (Å²) in [7, 11) is 7.82. The van der Waals surface area contributed by atoms with Crippen molar-refractivity contribution >= 4 is 5.97 Å². The minimum atomic E-state index is -0.691. The molecule has 1 saturated heterocycles. The van der Waals surface area contributed by atoms with Crippen LogP contribution in [0.3, 0.4) is 0 Å². The number of hydrogen-bond donors (Lipinski definition) is 1. The normalized spacial score (nSPS) is 12.7. The zero-order valence-corrected chi connectivity index (χ0v) is 28.7. The van der Waals surface area contributed by atoms with E-state index in [1.807, 2.05) is 107 Å². The SMILES string of the molecule is Cn1ccnc1-c1nccn1C.Cn1ccnc1-c1nccn1C.O=C(O)C1CCN([n+]2ccnc(-c3ccccn3)c2)CC1.[Os]. The van der Waals surface area contributed by atoms with Gasteiger partial charge in [0, 0.05) is 104 Å².